The van der Waals surface area contributed by atoms with Crippen molar-refractivity contribution >= 4 is 29.1 Å². The zero-order chi connectivity index (χ0) is 18.2. The molecule has 1 heterocycles. The second-order valence-electron chi connectivity index (χ2n) is 6.25. The Bertz CT molecular complexity index is 1080. The van der Waals surface area contributed by atoms with Crippen molar-refractivity contribution in [3.63, 3.8) is 0 Å². The molecule has 3 aliphatic rings. The smallest absolute Gasteiger partial charge is 0.341 e. The Kier molecular flexibility index (Phi) is 2.53. The minimum atomic E-state index is -2.24. The van der Waals surface area contributed by atoms with Crippen LogP contribution in [-0.4, -0.2) is 29.1 Å². The Labute approximate surface area is 146 Å². The molecule has 6 nitrogen and oxygen atoms in total. The maximum absolute atomic E-state index is 12.9. The van der Waals surface area contributed by atoms with Crippen LogP contribution in [0.2, 0.25) is 0 Å². The van der Waals surface area contributed by atoms with E-state index in [0.29, 0.717) is 0 Å². The van der Waals surface area contributed by atoms with Gasteiger partial charge in [-0.15, -0.1) is 0 Å². The molecule has 0 unspecified atom stereocenters. The monoisotopic (exact) mass is 344 g/mol. The average Bonchev–Trinajstić information content (AvgIpc) is 3.05. The number of fused-ring (bicyclic) bond motifs is 2. The number of Topliss-reactive ketones (excluding diaryl/α,β-unsaturated/α-hetero) is 4. The first-order valence-corrected chi connectivity index (χ1v) is 7.83. The molecule has 0 saturated carbocycles. The van der Waals surface area contributed by atoms with Crippen molar-refractivity contribution < 1.29 is 28.7 Å². The minimum Gasteiger partial charge on any atom is -0.426 e. The highest BCUT2D eigenvalue weighted by atomic mass is 16.6. The van der Waals surface area contributed by atoms with Gasteiger partial charge in [0.05, 0.1) is 0 Å². The lowest BCUT2D eigenvalue weighted by molar-refractivity contribution is -0.159. The van der Waals surface area contributed by atoms with Crippen molar-refractivity contribution in [2.45, 2.75) is 0 Å². The van der Waals surface area contributed by atoms with Crippen LogP contribution in [0, 0.1) is 5.41 Å². The third-order valence-corrected chi connectivity index (χ3v) is 5.04. The van der Waals surface area contributed by atoms with E-state index in [9.17, 15) is 24.0 Å². The number of allylic oxidation sites excluding steroid dienone is 1. The normalized spacial score (nSPS) is 19.6. The summed E-state index contributed by atoms with van der Waals surface area (Å²) in [7, 11) is 0. The minimum absolute atomic E-state index is 0.0858. The third-order valence-electron chi connectivity index (χ3n) is 5.04. The molecule has 1 saturated heterocycles. The maximum Gasteiger partial charge on any atom is 0.341 e. The molecule has 1 fully saturated rings. The SMILES string of the molecule is O=C1C(=C2OC(=O)C23C(=O)c2ccccc2C3=O)C(=O)c2ccccc21. The van der Waals surface area contributed by atoms with E-state index in [1.165, 1.54) is 24.3 Å². The molecule has 0 atom stereocenters. The lowest BCUT2D eigenvalue weighted by Crippen LogP contribution is -2.55. The van der Waals surface area contributed by atoms with Crippen LogP contribution >= 0.6 is 0 Å². The van der Waals surface area contributed by atoms with Gasteiger partial charge in [0.2, 0.25) is 11.6 Å². The maximum atomic E-state index is 12.9. The van der Waals surface area contributed by atoms with Crippen LogP contribution in [0.4, 0.5) is 0 Å². The number of rotatable bonds is 0. The summed E-state index contributed by atoms with van der Waals surface area (Å²) in [6, 6.07) is 12.2. The molecule has 5 rings (SSSR count). The highest BCUT2D eigenvalue weighted by molar-refractivity contribution is 6.46. The van der Waals surface area contributed by atoms with Gasteiger partial charge in [-0.1, -0.05) is 48.5 Å². The Balaban J connectivity index is 1.77. The second-order valence-corrected chi connectivity index (χ2v) is 6.25. The highest BCUT2D eigenvalue weighted by Crippen LogP contribution is 2.53. The van der Waals surface area contributed by atoms with E-state index in [0.717, 1.165) is 0 Å². The van der Waals surface area contributed by atoms with Crippen molar-refractivity contribution in [3.8, 4) is 0 Å². The number of benzene rings is 2. The number of cyclic esters (lactones) is 1. The molecule has 2 aromatic carbocycles. The molecule has 0 N–H and O–H groups in total. The molecule has 0 radical (unpaired) electrons. The Hall–Kier alpha value is -3.67. The summed E-state index contributed by atoms with van der Waals surface area (Å²) in [5.41, 5.74) is -2.17. The fourth-order valence-electron chi connectivity index (χ4n) is 3.77. The van der Waals surface area contributed by atoms with E-state index in [4.69, 9.17) is 4.74 Å². The number of esters is 1. The lowest BCUT2D eigenvalue weighted by Gasteiger charge is -2.35. The molecule has 1 aliphatic heterocycles. The van der Waals surface area contributed by atoms with Gasteiger partial charge < -0.3 is 4.74 Å². The topological polar surface area (TPSA) is 94.6 Å². The third kappa shape index (κ3) is 1.37. The van der Waals surface area contributed by atoms with Crippen molar-refractivity contribution in [2.75, 3.05) is 0 Å². The van der Waals surface area contributed by atoms with E-state index in [-0.39, 0.29) is 22.3 Å². The van der Waals surface area contributed by atoms with E-state index in [2.05, 4.69) is 0 Å². The van der Waals surface area contributed by atoms with Crippen LogP contribution in [0.1, 0.15) is 41.4 Å². The lowest BCUT2D eigenvalue weighted by atomic mass is 9.74. The molecular formula is C20H8O6. The van der Waals surface area contributed by atoms with Gasteiger partial charge in [-0.25, -0.2) is 4.79 Å². The van der Waals surface area contributed by atoms with Gasteiger partial charge in [0.1, 0.15) is 5.57 Å². The Morgan fingerprint density at radius 1 is 0.615 bits per heavy atom. The van der Waals surface area contributed by atoms with Gasteiger partial charge in [-0.05, 0) is 0 Å². The van der Waals surface area contributed by atoms with Crippen LogP contribution in [0.15, 0.2) is 59.9 Å². The molecule has 2 aromatic rings. The van der Waals surface area contributed by atoms with Gasteiger partial charge in [0.15, 0.2) is 17.3 Å². The van der Waals surface area contributed by atoms with Crippen LogP contribution in [-0.2, 0) is 9.53 Å². The number of hydrogen-bond acceptors (Lipinski definition) is 6. The predicted molar refractivity (Wildman–Crippen MR) is 85.8 cm³/mol. The molecule has 0 bridgehead atoms. The Morgan fingerprint density at radius 3 is 1.46 bits per heavy atom. The number of carbonyl (C=O) groups is 5. The zero-order valence-corrected chi connectivity index (χ0v) is 13.1. The molecule has 1 spiro atoms. The zero-order valence-electron chi connectivity index (χ0n) is 13.1. The van der Waals surface area contributed by atoms with Gasteiger partial charge in [0.25, 0.3) is 5.41 Å². The van der Waals surface area contributed by atoms with Crippen LogP contribution in [0.5, 0.6) is 0 Å². The molecule has 6 heteroatoms. The standard InChI is InChI=1S/C20H8O6/c21-14-9-5-1-2-6-10(9)15(22)13(14)18-20(19(25)26-18)16(23)11-7-3-4-8-12(11)17(20)24/h1-8H. The summed E-state index contributed by atoms with van der Waals surface area (Å²) in [5, 5.41) is 0. The first kappa shape index (κ1) is 14.7. The largest absolute Gasteiger partial charge is 0.426 e. The van der Waals surface area contributed by atoms with E-state index in [1.807, 2.05) is 0 Å². The second kappa shape index (κ2) is 4.49. The quantitative estimate of drug-likeness (QED) is 0.314. The summed E-state index contributed by atoms with van der Waals surface area (Å²) in [4.78, 5) is 63.4. The summed E-state index contributed by atoms with van der Waals surface area (Å²) in [5.74, 6) is -4.31. The molecule has 26 heavy (non-hydrogen) atoms. The van der Waals surface area contributed by atoms with E-state index in [1.54, 1.807) is 24.3 Å². The first-order chi connectivity index (χ1) is 12.5. The van der Waals surface area contributed by atoms with Crippen molar-refractivity contribution in [1.82, 2.24) is 0 Å². The average molecular weight is 344 g/mol. The van der Waals surface area contributed by atoms with Crippen molar-refractivity contribution in [2.24, 2.45) is 5.41 Å². The summed E-state index contributed by atoms with van der Waals surface area (Å²) < 4.78 is 4.96. The van der Waals surface area contributed by atoms with Crippen LogP contribution < -0.4 is 0 Å². The summed E-state index contributed by atoms with van der Waals surface area (Å²) in [6.07, 6.45) is 0. The van der Waals surface area contributed by atoms with Crippen molar-refractivity contribution in [3.05, 3.63) is 82.1 Å². The molecule has 2 aliphatic carbocycles. The number of hydrogen-bond donors (Lipinski definition) is 0. The fourth-order valence-corrected chi connectivity index (χ4v) is 3.77. The predicted octanol–water partition coefficient (Wildman–Crippen LogP) is 1.94. The van der Waals surface area contributed by atoms with Gasteiger partial charge in [0, 0.05) is 22.3 Å². The van der Waals surface area contributed by atoms with Crippen molar-refractivity contribution in [1.29, 1.82) is 0 Å². The van der Waals surface area contributed by atoms with E-state index >= 15 is 0 Å². The van der Waals surface area contributed by atoms with Gasteiger partial charge >= 0.3 is 5.97 Å². The Morgan fingerprint density at radius 2 is 1.04 bits per heavy atom. The van der Waals surface area contributed by atoms with Gasteiger partial charge in [-0.3, -0.25) is 19.2 Å². The summed E-state index contributed by atoms with van der Waals surface area (Å²) >= 11 is 0. The highest BCUT2D eigenvalue weighted by Gasteiger charge is 2.71. The fraction of sp³-hybridized carbons (Fsp3) is 0.0500. The summed E-state index contributed by atoms with van der Waals surface area (Å²) in [6.45, 7) is 0. The number of carbonyl (C=O) groups excluding carboxylic acids is 5. The van der Waals surface area contributed by atoms with E-state index < -0.39 is 45.8 Å². The molecule has 124 valence electrons. The van der Waals surface area contributed by atoms with Crippen LogP contribution in [0.25, 0.3) is 0 Å². The van der Waals surface area contributed by atoms with Gasteiger partial charge in [-0.2, -0.15) is 0 Å². The molecule has 0 amide bonds. The number of ketones is 4. The molecular weight excluding hydrogens is 336 g/mol. The van der Waals surface area contributed by atoms with Crippen LogP contribution in [0.3, 0.4) is 0 Å². The molecule has 0 aromatic heterocycles. The first-order valence-electron chi connectivity index (χ1n) is 7.83. The number of ether oxygens (including phenoxy) is 1.